The van der Waals surface area contributed by atoms with Gasteiger partial charge in [0.15, 0.2) is 0 Å². The number of nitrogens with two attached hydrogens (primary N) is 1. The molecule has 8 nitrogen and oxygen atoms in total. The second-order valence-corrected chi connectivity index (χ2v) is 6.66. The monoisotopic (exact) mass is 356 g/mol. The Morgan fingerprint density at radius 2 is 1.96 bits per heavy atom. The van der Waals surface area contributed by atoms with Gasteiger partial charge < -0.3 is 16.4 Å². The fourth-order valence-electron chi connectivity index (χ4n) is 3.44. The summed E-state index contributed by atoms with van der Waals surface area (Å²) in [6.45, 7) is 0.612. The van der Waals surface area contributed by atoms with Gasteiger partial charge in [-0.25, -0.2) is 9.78 Å². The number of carbonyl (C=O) groups is 2. The van der Waals surface area contributed by atoms with Crippen LogP contribution in [0.2, 0.25) is 0 Å². The lowest BCUT2D eigenvalue weighted by Crippen LogP contribution is -2.58. The van der Waals surface area contributed by atoms with Crippen molar-refractivity contribution in [3.8, 4) is 0 Å². The molecule has 8 heteroatoms. The highest BCUT2D eigenvalue weighted by Gasteiger charge is 2.41. The van der Waals surface area contributed by atoms with E-state index in [1.54, 1.807) is 11.0 Å². The molecule has 3 rings (SSSR count). The van der Waals surface area contributed by atoms with Crippen LogP contribution in [-0.4, -0.2) is 32.2 Å². The van der Waals surface area contributed by atoms with Gasteiger partial charge in [-0.2, -0.15) is 5.10 Å². The van der Waals surface area contributed by atoms with E-state index in [9.17, 15) is 9.59 Å². The molecule has 138 valence electrons. The molecule has 0 radical (unpaired) electrons. The predicted molar refractivity (Wildman–Crippen MR) is 95.9 cm³/mol. The van der Waals surface area contributed by atoms with Gasteiger partial charge in [0.25, 0.3) is 0 Å². The van der Waals surface area contributed by atoms with Crippen molar-refractivity contribution >= 4 is 11.9 Å². The van der Waals surface area contributed by atoms with Crippen LogP contribution in [-0.2, 0) is 11.3 Å². The molecule has 0 spiro atoms. The number of amides is 3. The summed E-state index contributed by atoms with van der Waals surface area (Å²) < 4.78 is 1.72. The van der Waals surface area contributed by atoms with E-state index in [1.807, 2.05) is 30.3 Å². The number of aromatic nitrogens is 3. The molecule has 1 atom stereocenters. The lowest BCUT2D eigenvalue weighted by Gasteiger charge is -2.28. The first-order chi connectivity index (χ1) is 12.6. The van der Waals surface area contributed by atoms with Gasteiger partial charge in [-0.1, -0.05) is 43.2 Å². The maximum atomic E-state index is 12.6. The Kier molecular flexibility index (Phi) is 5.50. The molecule has 1 heterocycles. The lowest BCUT2D eigenvalue weighted by molar-refractivity contribution is -0.123. The van der Waals surface area contributed by atoms with Gasteiger partial charge in [-0.05, 0) is 24.8 Å². The van der Waals surface area contributed by atoms with Gasteiger partial charge in [-0.3, -0.25) is 9.48 Å². The predicted octanol–water partition coefficient (Wildman–Crippen LogP) is 1.51. The number of benzene rings is 1. The van der Waals surface area contributed by atoms with Gasteiger partial charge >= 0.3 is 6.03 Å². The fourth-order valence-corrected chi connectivity index (χ4v) is 3.44. The van der Waals surface area contributed by atoms with Crippen LogP contribution in [0.4, 0.5) is 4.79 Å². The van der Waals surface area contributed by atoms with E-state index in [0.29, 0.717) is 25.8 Å². The quantitative estimate of drug-likeness (QED) is 0.697. The summed E-state index contributed by atoms with van der Waals surface area (Å²) in [5.41, 5.74) is 5.60. The Bertz CT molecular complexity index is 725. The highest BCUT2D eigenvalue weighted by atomic mass is 16.2. The summed E-state index contributed by atoms with van der Waals surface area (Å²) in [5.74, 6) is -0.468. The van der Waals surface area contributed by atoms with Gasteiger partial charge in [0, 0.05) is 6.54 Å². The highest BCUT2D eigenvalue weighted by Crippen LogP contribution is 2.29. The van der Waals surface area contributed by atoms with Crippen LogP contribution < -0.4 is 16.4 Å². The van der Waals surface area contributed by atoms with E-state index < -0.39 is 11.4 Å². The fraction of sp³-hybridized carbons (Fsp3) is 0.444. The first-order valence-corrected chi connectivity index (χ1v) is 8.85. The van der Waals surface area contributed by atoms with Crippen LogP contribution >= 0.6 is 0 Å². The summed E-state index contributed by atoms with van der Waals surface area (Å²) in [6, 6.07) is 9.12. The van der Waals surface area contributed by atoms with E-state index in [0.717, 1.165) is 18.4 Å². The summed E-state index contributed by atoms with van der Waals surface area (Å²) in [6.07, 6.45) is 6.71. The Balaban J connectivity index is 1.68. The van der Waals surface area contributed by atoms with Gasteiger partial charge in [0.1, 0.15) is 18.2 Å². The minimum atomic E-state index is -0.933. The number of urea groups is 1. The summed E-state index contributed by atoms with van der Waals surface area (Å²) >= 11 is 0. The van der Waals surface area contributed by atoms with Crippen molar-refractivity contribution in [1.82, 2.24) is 25.4 Å². The average Bonchev–Trinajstić information content (AvgIpc) is 3.32. The number of nitrogens with one attached hydrogen (secondary N) is 2. The van der Waals surface area contributed by atoms with Crippen LogP contribution in [0.5, 0.6) is 0 Å². The molecule has 1 fully saturated rings. The van der Waals surface area contributed by atoms with E-state index in [-0.39, 0.29) is 12.1 Å². The first-order valence-electron chi connectivity index (χ1n) is 8.85. The Labute approximate surface area is 152 Å². The second kappa shape index (κ2) is 7.99. The van der Waals surface area contributed by atoms with Crippen molar-refractivity contribution in [3.05, 3.63) is 48.5 Å². The number of primary amides is 1. The molecule has 1 aromatic heterocycles. The molecule has 26 heavy (non-hydrogen) atoms. The van der Waals surface area contributed by atoms with E-state index in [2.05, 4.69) is 20.7 Å². The van der Waals surface area contributed by atoms with Crippen molar-refractivity contribution in [2.24, 2.45) is 5.73 Å². The number of hydrogen-bond donors (Lipinski definition) is 3. The van der Waals surface area contributed by atoms with E-state index in [4.69, 9.17) is 5.73 Å². The van der Waals surface area contributed by atoms with Crippen molar-refractivity contribution in [2.45, 2.75) is 50.2 Å². The third kappa shape index (κ3) is 4.19. The zero-order valence-corrected chi connectivity index (χ0v) is 14.6. The van der Waals surface area contributed by atoms with Crippen molar-refractivity contribution in [3.63, 3.8) is 0 Å². The standard InChI is InChI=1S/C18H24N6O2/c19-16(25)18(9-4-5-10-18)23-17(26)22-15(14-6-2-1-3-7-14)8-11-24-13-20-12-21-24/h1-3,6-7,12-13,15H,4-5,8-11H2,(H2,19,25)(H2,22,23,26). The Morgan fingerprint density at radius 1 is 1.23 bits per heavy atom. The normalized spacial score (nSPS) is 16.8. The minimum Gasteiger partial charge on any atom is -0.368 e. The van der Waals surface area contributed by atoms with Crippen LogP contribution in [0.15, 0.2) is 43.0 Å². The molecule has 1 aliphatic carbocycles. The Morgan fingerprint density at radius 3 is 2.58 bits per heavy atom. The molecule has 2 aromatic rings. The van der Waals surface area contributed by atoms with E-state index in [1.165, 1.54) is 6.33 Å². The second-order valence-electron chi connectivity index (χ2n) is 6.66. The summed E-state index contributed by atoms with van der Waals surface area (Å²) in [7, 11) is 0. The SMILES string of the molecule is NC(=O)C1(NC(=O)NC(CCn2cncn2)c2ccccc2)CCCC1. The van der Waals surface area contributed by atoms with Crippen molar-refractivity contribution in [2.75, 3.05) is 0 Å². The van der Waals surface area contributed by atoms with Crippen LogP contribution in [0.1, 0.15) is 43.7 Å². The van der Waals surface area contributed by atoms with E-state index >= 15 is 0 Å². The zero-order chi connectivity index (χ0) is 18.4. The van der Waals surface area contributed by atoms with Crippen LogP contribution in [0.25, 0.3) is 0 Å². The van der Waals surface area contributed by atoms with Gasteiger partial charge in [-0.15, -0.1) is 0 Å². The molecule has 1 aliphatic rings. The molecule has 0 saturated heterocycles. The molecular formula is C18H24N6O2. The summed E-state index contributed by atoms with van der Waals surface area (Å²) in [5, 5.41) is 9.90. The van der Waals surface area contributed by atoms with Crippen molar-refractivity contribution in [1.29, 1.82) is 0 Å². The van der Waals surface area contributed by atoms with Gasteiger partial charge in [0.05, 0.1) is 6.04 Å². The number of hydrogen-bond acceptors (Lipinski definition) is 4. The number of nitrogens with zero attached hydrogens (tertiary/aromatic N) is 3. The number of carbonyl (C=O) groups excluding carboxylic acids is 2. The number of rotatable bonds is 7. The molecule has 1 unspecified atom stereocenters. The van der Waals surface area contributed by atoms with Crippen LogP contribution in [0, 0.1) is 0 Å². The third-order valence-electron chi connectivity index (χ3n) is 4.90. The summed E-state index contributed by atoms with van der Waals surface area (Å²) in [4.78, 5) is 28.4. The largest absolute Gasteiger partial charge is 0.368 e. The lowest BCUT2D eigenvalue weighted by atomic mass is 9.97. The maximum Gasteiger partial charge on any atom is 0.316 e. The smallest absolute Gasteiger partial charge is 0.316 e. The molecule has 0 aliphatic heterocycles. The van der Waals surface area contributed by atoms with Gasteiger partial charge in [0.2, 0.25) is 5.91 Å². The molecule has 3 amide bonds. The van der Waals surface area contributed by atoms with Crippen molar-refractivity contribution < 1.29 is 9.59 Å². The maximum absolute atomic E-state index is 12.6. The molecular weight excluding hydrogens is 332 g/mol. The molecule has 1 saturated carbocycles. The average molecular weight is 356 g/mol. The molecule has 4 N–H and O–H groups in total. The Hall–Kier alpha value is -2.90. The first kappa shape index (κ1) is 17.9. The topological polar surface area (TPSA) is 115 Å². The minimum absolute atomic E-state index is 0.216. The molecule has 0 bridgehead atoms. The third-order valence-corrected chi connectivity index (χ3v) is 4.90. The van der Waals surface area contributed by atoms with Crippen LogP contribution in [0.3, 0.4) is 0 Å². The number of aryl methyl sites for hydroxylation is 1. The highest BCUT2D eigenvalue weighted by molar-refractivity contribution is 5.90. The molecule has 1 aromatic carbocycles. The zero-order valence-electron chi connectivity index (χ0n) is 14.6.